The van der Waals surface area contributed by atoms with Crippen molar-refractivity contribution in [3.8, 4) is 0 Å². The summed E-state index contributed by atoms with van der Waals surface area (Å²) in [6.07, 6.45) is 0. The van der Waals surface area contributed by atoms with E-state index >= 15 is 0 Å². The molecular formula is C7H19F2N2O5S2+. The molecule has 0 aromatic carbocycles. The standard InChI is InChI=1S/C7H18NO.F2HNO4S2/c1-5-8(2,3)6-7-9-4;1-8(4,5)3-9(2,6)7/h5-7H2,1-4H3;3H/q+1;. The average Bonchev–Trinajstić information content (AvgIpc) is 2.10. The van der Waals surface area contributed by atoms with Crippen LogP contribution in [0.4, 0.5) is 7.77 Å². The summed E-state index contributed by atoms with van der Waals surface area (Å²) >= 11 is 0. The first-order valence-electron chi connectivity index (χ1n) is 4.81. The smallest absolute Gasteiger partial charge is 0.379 e. The molecule has 0 aromatic heterocycles. The van der Waals surface area contributed by atoms with Crippen LogP contribution in [-0.2, 0) is 25.6 Å². The van der Waals surface area contributed by atoms with E-state index in [0.717, 1.165) is 17.6 Å². The Labute approximate surface area is 107 Å². The Morgan fingerprint density at radius 1 is 1.11 bits per heavy atom. The second-order valence-electron chi connectivity index (χ2n) is 3.93. The predicted octanol–water partition coefficient (Wildman–Crippen LogP) is -0.266. The maximum absolute atomic E-state index is 11.1. The number of likely N-dealkylation sites (N-methyl/N-ethyl adjacent to an activating group) is 1. The predicted molar refractivity (Wildman–Crippen MR) is 62.6 cm³/mol. The molecule has 0 fully saturated rings. The number of hydrogen-bond acceptors (Lipinski definition) is 5. The van der Waals surface area contributed by atoms with Crippen molar-refractivity contribution >= 4 is 20.8 Å². The summed E-state index contributed by atoms with van der Waals surface area (Å²) in [6.45, 7) is 5.33. The molecule has 18 heavy (non-hydrogen) atoms. The van der Waals surface area contributed by atoms with E-state index in [0.29, 0.717) is 0 Å². The van der Waals surface area contributed by atoms with Gasteiger partial charge in [0.15, 0.2) is 0 Å². The van der Waals surface area contributed by atoms with Gasteiger partial charge in [-0.15, -0.1) is 0 Å². The largest absolute Gasteiger partial charge is 0.387 e. The van der Waals surface area contributed by atoms with Crippen LogP contribution in [0.3, 0.4) is 0 Å². The van der Waals surface area contributed by atoms with Crippen LogP contribution in [-0.4, -0.2) is 62.2 Å². The third-order valence-electron chi connectivity index (χ3n) is 1.96. The lowest BCUT2D eigenvalue weighted by Gasteiger charge is -2.27. The van der Waals surface area contributed by atoms with Gasteiger partial charge in [0.05, 0.1) is 27.2 Å². The van der Waals surface area contributed by atoms with Crippen molar-refractivity contribution in [2.45, 2.75) is 6.92 Å². The van der Waals surface area contributed by atoms with Gasteiger partial charge >= 0.3 is 20.8 Å². The Bertz CT molecular complexity index is 391. The molecule has 7 nitrogen and oxygen atoms in total. The van der Waals surface area contributed by atoms with Gasteiger partial charge in [-0.3, -0.25) is 0 Å². The molecule has 0 bridgehead atoms. The minimum absolute atomic E-state index is 0.0694. The minimum Gasteiger partial charge on any atom is -0.379 e. The van der Waals surface area contributed by atoms with Crippen molar-refractivity contribution < 1.29 is 33.8 Å². The molecule has 1 N–H and O–H groups in total. The molecule has 0 amide bonds. The lowest BCUT2D eigenvalue weighted by atomic mass is 10.4. The summed E-state index contributed by atoms with van der Waals surface area (Å²) in [7, 11) is -4.83. The van der Waals surface area contributed by atoms with Gasteiger partial charge in [0.1, 0.15) is 6.54 Å². The Kier molecular flexibility index (Phi) is 8.81. The number of nitrogens with zero attached hydrogens (tertiary/aromatic N) is 1. The molecule has 0 rings (SSSR count). The fraction of sp³-hybridized carbons (Fsp3) is 1.00. The van der Waals surface area contributed by atoms with Crippen LogP contribution in [0, 0.1) is 0 Å². The van der Waals surface area contributed by atoms with Gasteiger partial charge in [0, 0.05) is 7.11 Å². The van der Waals surface area contributed by atoms with E-state index in [9.17, 15) is 24.6 Å². The molecule has 0 spiro atoms. The Morgan fingerprint density at radius 3 is 1.67 bits per heavy atom. The van der Waals surface area contributed by atoms with Gasteiger partial charge in [-0.25, -0.2) is 0 Å². The van der Waals surface area contributed by atoms with E-state index in [-0.39, 0.29) is 4.13 Å². The number of halogens is 2. The highest BCUT2D eigenvalue weighted by Gasteiger charge is 2.17. The molecule has 0 saturated heterocycles. The highest BCUT2D eigenvalue weighted by Crippen LogP contribution is 1.93. The van der Waals surface area contributed by atoms with E-state index in [1.54, 1.807) is 7.11 Å². The zero-order valence-corrected chi connectivity index (χ0v) is 12.3. The fourth-order valence-corrected chi connectivity index (χ4v) is 1.57. The molecule has 0 atom stereocenters. The molecule has 0 unspecified atom stereocenters. The summed E-state index contributed by atoms with van der Waals surface area (Å²) in [5.41, 5.74) is 0. The van der Waals surface area contributed by atoms with Gasteiger partial charge in [-0.05, 0) is 6.92 Å². The molecule has 112 valence electrons. The second-order valence-corrected chi connectivity index (χ2v) is 6.35. The van der Waals surface area contributed by atoms with Gasteiger partial charge in [0.2, 0.25) is 0 Å². The summed E-state index contributed by atoms with van der Waals surface area (Å²) in [4.78, 5) is 0. The Morgan fingerprint density at radius 2 is 1.50 bits per heavy atom. The molecule has 0 aliphatic heterocycles. The van der Waals surface area contributed by atoms with Gasteiger partial charge in [0.25, 0.3) is 0 Å². The summed E-state index contributed by atoms with van der Waals surface area (Å²) in [5.74, 6) is 0. The first-order valence-corrected chi connectivity index (χ1v) is 7.58. The molecule has 0 aliphatic rings. The van der Waals surface area contributed by atoms with Gasteiger partial charge < -0.3 is 9.22 Å². The van der Waals surface area contributed by atoms with Crippen LogP contribution in [0.1, 0.15) is 6.92 Å². The van der Waals surface area contributed by atoms with Crippen LogP contribution >= 0.6 is 0 Å². The number of rotatable bonds is 6. The Balaban J connectivity index is 0. The lowest BCUT2D eigenvalue weighted by molar-refractivity contribution is -0.888. The molecular weight excluding hydrogens is 294 g/mol. The molecule has 0 radical (unpaired) electrons. The zero-order valence-electron chi connectivity index (χ0n) is 10.7. The van der Waals surface area contributed by atoms with E-state index in [1.165, 1.54) is 6.54 Å². The molecule has 0 heterocycles. The van der Waals surface area contributed by atoms with Crippen molar-refractivity contribution in [1.29, 1.82) is 0 Å². The number of methoxy groups -OCH3 is 1. The van der Waals surface area contributed by atoms with Crippen molar-refractivity contribution in [3.05, 3.63) is 0 Å². The molecule has 11 heteroatoms. The molecule has 0 aliphatic carbocycles. The SMILES string of the molecule is CC[N+](C)(C)CCOC.O=S(=O)(F)NS(=O)(=O)F. The summed E-state index contributed by atoms with van der Waals surface area (Å²) in [6, 6.07) is 0. The first-order chi connectivity index (χ1) is 7.83. The van der Waals surface area contributed by atoms with Crippen molar-refractivity contribution in [3.63, 3.8) is 0 Å². The Hall–Kier alpha value is -0.360. The highest BCUT2D eigenvalue weighted by molar-refractivity contribution is 7.99. The third kappa shape index (κ3) is 18.0. The number of ether oxygens (including phenoxy) is 1. The first kappa shape index (κ1) is 20.0. The molecule has 0 saturated carbocycles. The minimum atomic E-state index is -5.49. The maximum atomic E-state index is 11.1. The van der Waals surface area contributed by atoms with E-state index < -0.39 is 20.8 Å². The van der Waals surface area contributed by atoms with E-state index in [2.05, 4.69) is 21.0 Å². The fourth-order valence-electron chi connectivity index (χ4n) is 0.615. The average molecular weight is 313 g/mol. The van der Waals surface area contributed by atoms with Crippen LogP contribution in [0.2, 0.25) is 0 Å². The van der Waals surface area contributed by atoms with Crippen LogP contribution in [0.5, 0.6) is 0 Å². The maximum Gasteiger partial charge on any atom is 0.387 e. The summed E-state index contributed by atoms with van der Waals surface area (Å²) in [5, 5.41) is 0. The second kappa shape index (κ2) is 7.94. The van der Waals surface area contributed by atoms with Crippen LogP contribution in [0.15, 0.2) is 0 Å². The number of quaternary nitrogens is 1. The normalized spacial score (nSPS) is 12.8. The monoisotopic (exact) mass is 313 g/mol. The number of hydrogen-bond donors (Lipinski definition) is 1. The van der Waals surface area contributed by atoms with Gasteiger partial charge in [-0.1, -0.05) is 11.9 Å². The van der Waals surface area contributed by atoms with Crippen LogP contribution in [0.25, 0.3) is 0 Å². The quantitative estimate of drug-likeness (QED) is 0.539. The summed E-state index contributed by atoms with van der Waals surface area (Å²) < 4.78 is 65.3. The van der Waals surface area contributed by atoms with E-state index in [1.807, 2.05) is 0 Å². The zero-order chi connectivity index (χ0) is 15.0. The van der Waals surface area contributed by atoms with Crippen LogP contribution < -0.4 is 4.13 Å². The lowest BCUT2D eigenvalue weighted by Crippen LogP contribution is -2.41. The van der Waals surface area contributed by atoms with Crippen molar-refractivity contribution in [1.82, 2.24) is 4.13 Å². The third-order valence-corrected chi connectivity index (χ3v) is 3.55. The van der Waals surface area contributed by atoms with Crippen molar-refractivity contribution in [2.75, 3.05) is 40.9 Å². The molecule has 0 aromatic rings. The van der Waals surface area contributed by atoms with Crippen molar-refractivity contribution in [2.24, 2.45) is 0 Å². The topological polar surface area (TPSA) is 89.5 Å². The van der Waals surface area contributed by atoms with Gasteiger partial charge in [-0.2, -0.15) is 16.8 Å². The van der Waals surface area contributed by atoms with E-state index in [4.69, 9.17) is 4.74 Å². The highest BCUT2D eigenvalue weighted by atomic mass is 32.3. The number of nitrogens with one attached hydrogen (secondary N) is 1.